The minimum atomic E-state index is -0.231. The minimum Gasteiger partial charge on any atom is -0.487 e. The standard InChI is InChI=1S/C20H20N4O2S/c1-16-23-18(15-27-16)14-26-19-7-3-2-6-17(19)8-9-20(25)24(12-4-10-21)13-5-11-22/h2-3,6-9,15H,4-5,12-14H2,1H3/b9-8+. The Kier molecular flexibility index (Phi) is 8.02. The van der Waals surface area contributed by atoms with Gasteiger partial charge in [-0.3, -0.25) is 4.79 Å². The van der Waals surface area contributed by atoms with Crippen molar-refractivity contribution in [2.45, 2.75) is 26.4 Å². The fourth-order valence-corrected chi connectivity index (χ4v) is 2.94. The zero-order chi connectivity index (χ0) is 19.5. The van der Waals surface area contributed by atoms with Gasteiger partial charge in [0.15, 0.2) is 0 Å². The van der Waals surface area contributed by atoms with Crippen LogP contribution >= 0.6 is 11.3 Å². The number of hydrogen-bond donors (Lipinski definition) is 0. The fraction of sp³-hybridized carbons (Fsp3) is 0.300. The average Bonchev–Trinajstić information content (AvgIpc) is 3.10. The molecule has 27 heavy (non-hydrogen) atoms. The van der Waals surface area contributed by atoms with Crippen LogP contribution in [0.5, 0.6) is 5.75 Å². The smallest absolute Gasteiger partial charge is 0.246 e. The van der Waals surface area contributed by atoms with E-state index in [9.17, 15) is 4.79 Å². The van der Waals surface area contributed by atoms with Crippen molar-refractivity contribution in [1.82, 2.24) is 9.88 Å². The van der Waals surface area contributed by atoms with Gasteiger partial charge in [-0.05, 0) is 19.1 Å². The lowest BCUT2D eigenvalue weighted by Gasteiger charge is -2.18. The van der Waals surface area contributed by atoms with E-state index in [0.29, 0.717) is 25.4 Å². The molecule has 138 valence electrons. The summed E-state index contributed by atoms with van der Waals surface area (Å²) in [4.78, 5) is 18.3. The number of aryl methyl sites for hydroxylation is 1. The second kappa shape index (κ2) is 10.7. The van der Waals surface area contributed by atoms with Crippen molar-refractivity contribution in [3.05, 3.63) is 52.0 Å². The fourth-order valence-electron chi connectivity index (χ4n) is 2.34. The zero-order valence-corrected chi connectivity index (χ0v) is 15.9. The van der Waals surface area contributed by atoms with Gasteiger partial charge >= 0.3 is 0 Å². The number of thiazole rings is 1. The normalized spacial score (nSPS) is 10.3. The molecule has 1 aromatic carbocycles. The number of carbonyl (C=O) groups excluding carboxylic acids is 1. The molecule has 2 aromatic rings. The van der Waals surface area contributed by atoms with Gasteiger partial charge in [0.1, 0.15) is 12.4 Å². The molecule has 0 spiro atoms. The van der Waals surface area contributed by atoms with Gasteiger partial charge in [0.25, 0.3) is 0 Å². The molecule has 2 rings (SSSR count). The van der Waals surface area contributed by atoms with Crippen LogP contribution in [0.1, 0.15) is 29.1 Å². The number of ether oxygens (including phenoxy) is 1. The van der Waals surface area contributed by atoms with Crippen molar-refractivity contribution in [2.75, 3.05) is 13.1 Å². The third-order valence-electron chi connectivity index (χ3n) is 3.67. The number of nitrogens with zero attached hydrogens (tertiary/aromatic N) is 4. The van der Waals surface area contributed by atoms with Gasteiger partial charge in [-0.2, -0.15) is 10.5 Å². The molecule has 7 heteroatoms. The van der Waals surface area contributed by atoms with Crippen molar-refractivity contribution in [1.29, 1.82) is 10.5 Å². The molecule has 1 amide bonds. The molecule has 0 saturated heterocycles. The molecule has 6 nitrogen and oxygen atoms in total. The van der Waals surface area contributed by atoms with Crippen molar-refractivity contribution < 1.29 is 9.53 Å². The van der Waals surface area contributed by atoms with Gasteiger partial charge in [-0.1, -0.05) is 18.2 Å². The topological polar surface area (TPSA) is 90.0 Å². The lowest BCUT2D eigenvalue weighted by atomic mass is 10.2. The molecule has 0 bridgehead atoms. The molecule has 0 saturated carbocycles. The Morgan fingerprint density at radius 3 is 2.59 bits per heavy atom. The van der Waals surface area contributed by atoms with E-state index in [1.54, 1.807) is 17.4 Å². The Labute approximate surface area is 162 Å². The molecule has 0 atom stereocenters. The number of carbonyl (C=O) groups is 1. The van der Waals surface area contributed by atoms with Gasteiger partial charge in [0.05, 0.1) is 35.7 Å². The molecule has 0 unspecified atom stereocenters. The quantitative estimate of drug-likeness (QED) is 0.619. The Morgan fingerprint density at radius 2 is 1.96 bits per heavy atom. The van der Waals surface area contributed by atoms with Crippen LogP contribution < -0.4 is 4.74 Å². The number of rotatable bonds is 9. The van der Waals surface area contributed by atoms with E-state index in [-0.39, 0.29) is 18.7 Å². The third-order valence-corrected chi connectivity index (χ3v) is 4.49. The zero-order valence-electron chi connectivity index (χ0n) is 15.1. The van der Waals surface area contributed by atoms with Crippen molar-refractivity contribution in [3.8, 4) is 17.9 Å². The summed E-state index contributed by atoms with van der Waals surface area (Å²) in [6.45, 7) is 2.92. The molecular formula is C20H20N4O2S. The van der Waals surface area contributed by atoms with Crippen LogP contribution in [0.4, 0.5) is 0 Å². The van der Waals surface area contributed by atoms with Crippen LogP contribution in [0.2, 0.25) is 0 Å². The predicted molar refractivity (Wildman–Crippen MR) is 104 cm³/mol. The summed E-state index contributed by atoms with van der Waals surface area (Å²) in [5.74, 6) is 0.429. The summed E-state index contributed by atoms with van der Waals surface area (Å²) in [6, 6.07) is 11.5. The third kappa shape index (κ3) is 6.58. The number of nitriles is 2. The van der Waals surface area contributed by atoms with E-state index in [0.717, 1.165) is 16.3 Å². The van der Waals surface area contributed by atoms with Crippen LogP contribution in [-0.2, 0) is 11.4 Å². The number of para-hydroxylation sites is 1. The summed E-state index contributed by atoms with van der Waals surface area (Å²) >= 11 is 1.57. The minimum absolute atomic E-state index is 0.231. The maximum atomic E-state index is 12.4. The summed E-state index contributed by atoms with van der Waals surface area (Å²) < 4.78 is 5.84. The maximum absolute atomic E-state index is 12.4. The molecule has 0 aliphatic carbocycles. The number of benzene rings is 1. The first kappa shape index (κ1) is 20.2. The first-order valence-electron chi connectivity index (χ1n) is 8.47. The summed E-state index contributed by atoms with van der Waals surface area (Å²) in [5.41, 5.74) is 1.64. The molecule has 0 radical (unpaired) electrons. The van der Waals surface area contributed by atoms with Gasteiger partial charge in [0.2, 0.25) is 5.91 Å². The molecule has 0 fully saturated rings. The van der Waals surface area contributed by atoms with E-state index < -0.39 is 0 Å². The van der Waals surface area contributed by atoms with Crippen LogP contribution in [0.25, 0.3) is 6.08 Å². The Hall–Kier alpha value is -3.16. The Morgan fingerprint density at radius 1 is 1.26 bits per heavy atom. The largest absolute Gasteiger partial charge is 0.487 e. The maximum Gasteiger partial charge on any atom is 0.246 e. The van der Waals surface area contributed by atoms with Crippen LogP contribution in [-0.4, -0.2) is 28.9 Å². The van der Waals surface area contributed by atoms with Crippen LogP contribution in [0.3, 0.4) is 0 Å². The van der Waals surface area contributed by atoms with Gasteiger partial charge in [0, 0.05) is 30.1 Å². The highest BCUT2D eigenvalue weighted by molar-refractivity contribution is 7.09. The van der Waals surface area contributed by atoms with E-state index >= 15 is 0 Å². The van der Waals surface area contributed by atoms with E-state index in [1.165, 1.54) is 11.0 Å². The number of amides is 1. The van der Waals surface area contributed by atoms with E-state index in [4.69, 9.17) is 15.3 Å². The summed E-state index contributed by atoms with van der Waals surface area (Å²) in [7, 11) is 0. The van der Waals surface area contributed by atoms with Crippen molar-refractivity contribution in [3.63, 3.8) is 0 Å². The number of hydrogen-bond acceptors (Lipinski definition) is 6. The molecule has 1 aromatic heterocycles. The molecule has 0 N–H and O–H groups in total. The van der Waals surface area contributed by atoms with Crippen LogP contribution in [0.15, 0.2) is 35.7 Å². The second-order valence-electron chi connectivity index (χ2n) is 5.66. The Balaban J connectivity index is 2.05. The molecule has 0 aliphatic rings. The predicted octanol–water partition coefficient (Wildman–Crippen LogP) is 3.70. The SMILES string of the molecule is Cc1nc(COc2ccccc2/C=C/C(=O)N(CCC#N)CCC#N)cs1. The summed E-state index contributed by atoms with van der Waals surface area (Å²) in [6.07, 6.45) is 3.61. The molecule has 0 aliphatic heterocycles. The average molecular weight is 380 g/mol. The first-order valence-corrected chi connectivity index (χ1v) is 9.35. The van der Waals surface area contributed by atoms with Gasteiger partial charge < -0.3 is 9.64 Å². The highest BCUT2D eigenvalue weighted by Gasteiger charge is 2.10. The lowest BCUT2D eigenvalue weighted by molar-refractivity contribution is -0.125. The second-order valence-corrected chi connectivity index (χ2v) is 6.72. The molecule has 1 heterocycles. The highest BCUT2D eigenvalue weighted by atomic mass is 32.1. The highest BCUT2D eigenvalue weighted by Crippen LogP contribution is 2.21. The lowest BCUT2D eigenvalue weighted by Crippen LogP contribution is -2.31. The van der Waals surface area contributed by atoms with Crippen molar-refractivity contribution in [2.24, 2.45) is 0 Å². The van der Waals surface area contributed by atoms with E-state index in [2.05, 4.69) is 4.98 Å². The van der Waals surface area contributed by atoms with Crippen molar-refractivity contribution >= 4 is 23.3 Å². The first-order chi connectivity index (χ1) is 13.1. The summed E-state index contributed by atoms with van der Waals surface area (Å²) in [5, 5.41) is 20.4. The molecular weight excluding hydrogens is 360 g/mol. The van der Waals surface area contributed by atoms with Gasteiger partial charge in [-0.25, -0.2) is 4.98 Å². The Bertz CT molecular complexity index is 859. The number of aromatic nitrogens is 1. The van der Waals surface area contributed by atoms with E-state index in [1.807, 2.05) is 48.7 Å². The monoisotopic (exact) mass is 380 g/mol. The van der Waals surface area contributed by atoms with Gasteiger partial charge in [-0.15, -0.1) is 11.3 Å². The van der Waals surface area contributed by atoms with Crippen LogP contribution in [0, 0.1) is 29.6 Å².